The Hall–Kier alpha value is -6.58. The fraction of sp³-hybridized carbons (Fsp3) is 0.0213. The largest absolute Gasteiger partial charge is 0.359 e. The Labute approximate surface area is 291 Å². The Morgan fingerprint density at radius 3 is 1.88 bits per heavy atom. The molecule has 1 aliphatic heterocycles. The van der Waals surface area contributed by atoms with Crippen molar-refractivity contribution in [2.45, 2.75) is 6.04 Å². The van der Waals surface area contributed by atoms with Gasteiger partial charge in [-0.25, -0.2) is 4.99 Å². The Kier molecular flexibility index (Phi) is 7.37. The van der Waals surface area contributed by atoms with Gasteiger partial charge in [-0.05, 0) is 90.3 Å². The number of allylic oxidation sites excluding steroid dienone is 3. The molecule has 3 nitrogen and oxygen atoms in total. The van der Waals surface area contributed by atoms with Crippen molar-refractivity contribution in [1.82, 2.24) is 5.32 Å². The van der Waals surface area contributed by atoms with Gasteiger partial charge < -0.3 is 10.7 Å². The van der Waals surface area contributed by atoms with Gasteiger partial charge in [0.15, 0.2) is 0 Å². The molecule has 0 fully saturated rings. The van der Waals surface area contributed by atoms with Crippen LogP contribution in [0.5, 0.6) is 0 Å². The minimum absolute atomic E-state index is 0.0539. The Bertz CT molecular complexity index is 2660. The number of hydrogen-bond donors (Lipinski definition) is 2. The van der Waals surface area contributed by atoms with E-state index in [9.17, 15) is 0 Å². The lowest BCUT2D eigenvalue weighted by Gasteiger charge is -2.29. The van der Waals surface area contributed by atoms with Crippen molar-refractivity contribution in [2.75, 3.05) is 0 Å². The molecular weight excluding hydrogens is 607 g/mol. The smallest absolute Gasteiger partial charge is 0.134 e. The Morgan fingerprint density at radius 2 is 1.14 bits per heavy atom. The van der Waals surface area contributed by atoms with Crippen molar-refractivity contribution >= 4 is 66.9 Å². The molecule has 3 heteroatoms. The molecule has 2 N–H and O–H groups in total. The van der Waals surface area contributed by atoms with E-state index in [4.69, 9.17) is 10.4 Å². The molecule has 8 aromatic rings. The average Bonchev–Trinajstić information content (AvgIpc) is 3.19. The summed E-state index contributed by atoms with van der Waals surface area (Å²) in [6.07, 6.45) is 8.98. The lowest BCUT2D eigenvalue weighted by atomic mass is 9.90. The third-order valence-corrected chi connectivity index (χ3v) is 9.79. The maximum Gasteiger partial charge on any atom is 0.134 e. The molecule has 8 aromatic carbocycles. The molecule has 50 heavy (non-hydrogen) atoms. The van der Waals surface area contributed by atoms with Crippen molar-refractivity contribution in [3.05, 3.63) is 192 Å². The summed E-state index contributed by atoms with van der Waals surface area (Å²) in [6.45, 7) is 0. The molecule has 9 rings (SSSR count). The molecule has 0 bridgehead atoms. The number of rotatable bonds is 6. The first-order chi connectivity index (χ1) is 24.7. The van der Waals surface area contributed by atoms with E-state index >= 15 is 0 Å². The van der Waals surface area contributed by atoms with Gasteiger partial charge in [-0.15, -0.1) is 0 Å². The normalized spacial score (nSPS) is 14.4. The van der Waals surface area contributed by atoms with E-state index in [1.54, 1.807) is 6.08 Å². The van der Waals surface area contributed by atoms with E-state index in [2.05, 4.69) is 163 Å². The van der Waals surface area contributed by atoms with E-state index in [-0.39, 0.29) is 6.04 Å². The SMILES string of the molecule is N=C/C=C\C=C\c1cc(C2=Nc3c(ccc4ccccc34)C(c3ccccc3)N2)cc(-c2ccc3c4ccccc4c4ccccc4c3c2)c1. The molecule has 1 unspecified atom stereocenters. The monoisotopic (exact) mass is 639 g/mol. The van der Waals surface area contributed by atoms with E-state index in [0.717, 1.165) is 39.2 Å². The quantitative estimate of drug-likeness (QED) is 0.106. The van der Waals surface area contributed by atoms with E-state index in [0.29, 0.717) is 0 Å². The Balaban J connectivity index is 1.26. The van der Waals surface area contributed by atoms with Crippen molar-refractivity contribution in [2.24, 2.45) is 4.99 Å². The number of nitrogens with one attached hydrogen (secondary N) is 2. The van der Waals surface area contributed by atoms with Crippen LogP contribution in [-0.4, -0.2) is 12.1 Å². The second-order valence-electron chi connectivity index (χ2n) is 12.8. The summed E-state index contributed by atoms with van der Waals surface area (Å²) >= 11 is 0. The number of nitrogens with zero attached hydrogens (tertiary/aromatic N) is 1. The molecule has 1 atom stereocenters. The molecule has 0 aliphatic carbocycles. The van der Waals surface area contributed by atoms with Crippen LogP contribution in [-0.2, 0) is 0 Å². The fourth-order valence-corrected chi connectivity index (χ4v) is 7.47. The van der Waals surface area contributed by atoms with Gasteiger partial charge in [0.05, 0.1) is 11.7 Å². The van der Waals surface area contributed by atoms with Gasteiger partial charge in [0.1, 0.15) is 5.84 Å². The highest BCUT2D eigenvalue weighted by Gasteiger charge is 2.26. The maximum atomic E-state index is 7.41. The molecule has 1 heterocycles. The lowest BCUT2D eigenvalue weighted by Crippen LogP contribution is -2.33. The van der Waals surface area contributed by atoms with Crippen LogP contribution in [0.2, 0.25) is 0 Å². The molecule has 0 radical (unpaired) electrons. The topological polar surface area (TPSA) is 48.2 Å². The molecule has 0 spiro atoms. The minimum atomic E-state index is -0.0539. The van der Waals surface area contributed by atoms with E-state index < -0.39 is 0 Å². The number of fused-ring (bicyclic) bond motifs is 9. The molecule has 0 saturated heterocycles. The second-order valence-corrected chi connectivity index (χ2v) is 12.8. The van der Waals surface area contributed by atoms with Gasteiger partial charge in [-0.3, -0.25) is 0 Å². The average molecular weight is 640 g/mol. The lowest BCUT2D eigenvalue weighted by molar-refractivity contribution is 0.751. The first-order valence-corrected chi connectivity index (χ1v) is 17.0. The van der Waals surface area contributed by atoms with Crippen molar-refractivity contribution in [1.29, 1.82) is 5.41 Å². The summed E-state index contributed by atoms with van der Waals surface area (Å²) in [7, 11) is 0. The zero-order chi connectivity index (χ0) is 33.4. The summed E-state index contributed by atoms with van der Waals surface area (Å²) in [4.78, 5) is 5.37. The van der Waals surface area contributed by atoms with E-state index in [1.165, 1.54) is 55.0 Å². The highest BCUT2D eigenvalue weighted by molar-refractivity contribution is 6.25. The van der Waals surface area contributed by atoms with Gasteiger partial charge in [0.2, 0.25) is 0 Å². The second kappa shape index (κ2) is 12.5. The predicted molar refractivity (Wildman–Crippen MR) is 213 cm³/mol. The first kappa shape index (κ1) is 29.6. The van der Waals surface area contributed by atoms with Crippen LogP contribution in [0.1, 0.15) is 28.3 Å². The number of benzene rings is 8. The molecule has 236 valence electrons. The Morgan fingerprint density at radius 1 is 0.500 bits per heavy atom. The van der Waals surface area contributed by atoms with Crippen molar-refractivity contribution < 1.29 is 0 Å². The van der Waals surface area contributed by atoms with Gasteiger partial charge in [0, 0.05) is 22.7 Å². The van der Waals surface area contributed by atoms with Gasteiger partial charge in [-0.2, -0.15) is 0 Å². The third kappa shape index (κ3) is 5.17. The van der Waals surface area contributed by atoms with Gasteiger partial charge in [0.25, 0.3) is 0 Å². The van der Waals surface area contributed by atoms with E-state index in [1.807, 2.05) is 12.2 Å². The van der Waals surface area contributed by atoms with Crippen molar-refractivity contribution in [3.63, 3.8) is 0 Å². The minimum Gasteiger partial charge on any atom is -0.359 e. The number of aliphatic imine (C=N–C) groups is 1. The highest BCUT2D eigenvalue weighted by atomic mass is 15.1. The van der Waals surface area contributed by atoms with Crippen LogP contribution in [0.4, 0.5) is 5.69 Å². The molecule has 0 saturated carbocycles. The van der Waals surface area contributed by atoms with Crippen LogP contribution in [0.15, 0.2) is 175 Å². The summed E-state index contributed by atoms with van der Waals surface area (Å²) in [5, 5.41) is 21.1. The molecular formula is C47H33N3. The maximum absolute atomic E-state index is 7.41. The van der Waals surface area contributed by atoms with Gasteiger partial charge >= 0.3 is 0 Å². The van der Waals surface area contributed by atoms with Crippen LogP contribution >= 0.6 is 0 Å². The van der Waals surface area contributed by atoms with Crippen LogP contribution in [0, 0.1) is 5.41 Å². The summed E-state index contributed by atoms with van der Waals surface area (Å²) in [6, 6.07) is 54.5. The fourth-order valence-electron chi connectivity index (χ4n) is 7.47. The van der Waals surface area contributed by atoms with Crippen LogP contribution in [0.3, 0.4) is 0 Å². The van der Waals surface area contributed by atoms with Crippen LogP contribution in [0.25, 0.3) is 60.3 Å². The summed E-state index contributed by atoms with van der Waals surface area (Å²) in [5.74, 6) is 0.839. The standard InChI is InChI=1S/C47H33N3/c48-26-12-2-3-13-31-27-35(34-23-24-42-40-20-9-8-18-38(40)39-19-10-11-21-41(39)44(42)30-34)29-36(28-31)47-49-45(33-15-4-1-5-16-33)43-25-22-32-14-6-7-17-37(32)46(43)50-47/h1-30,45,48H,(H,49,50)/b12-2-,13-3+,48-26?. The first-order valence-electron chi connectivity index (χ1n) is 17.0. The van der Waals surface area contributed by atoms with Gasteiger partial charge in [-0.1, -0.05) is 146 Å². The summed E-state index contributed by atoms with van der Waals surface area (Å²) < 4.78 is 0. The third-order valence-electron chi connectivity index (χ3n) is 9.79. The van der Waals surface area contributed by atoms with Crippen LogP contribution < -0.4 is 5.32 Å². The summed E-state index contributed by atoms with van der Waals surface area (Å²) in [5.41, 5.74) is 7.69. The molecule has 0 amide bonds. The van der Waals surface area contributed by atoms with Crippen molar-refractivity contribution in [3.8, 4) is 11.1 Å². The zero-order valence-electron chi connectivity index (χ0n) is 27.3. The molecule has 1 aliphatic rings. The number of hydrogen-bond acceptors (Lipinski definition) is 3. The highest BCUT2D eigenvalue weighted by Crippen LogP contribution is 2.41. The predicted octanol–water partition coefficient (Wildman–Crippen LogP) is 12.0. The molecule has 0 aromatic heterocycles. The number of amidine groups is 1. The zero-order valence-corrected chi connectivity index (χ0v) is 27.3.